The molecule has 0 atom stereocenters. The second-order valence-electron chi connectivity index (χ2n) is 4.19. The quantitative estimate of drug-likeness (QED) is 0.616. The first-order chi connectivity index (χ1) is 8.98. The van der Waals surface area contributed by atoms with Gasteiger partial charge in [-0.3, -0.25) is 9.52 Å². The SMILES string of the molecule is CS(=O)(=O)Nc1ccc2[nH]c(CCOC=O)cc2c1. The molecule has 1 heterocycles. The number of carbonyl (C=O) groups is 1. The van der Waals surface area contributed by atoms with E-state index in [1.807, 2.05) is 6.07 Å². The first-order valence-electron chi connectivity index (χ1n) is 5.62. The first-order valence-corrected chi connectivity index (χ1v) is 7.52. The van der Waals surface area contributed by atoms with Crippen molar-refractivity contribution in [2.45, 2.75) is 6.42 Å². The normalized spacial score (nSPS) is 11.4. The van der Waals surface area contributed by atoms with Gasteiger partial charge in [-0.15, -0.1) is 0 Å². The van der Waals surface area contributed by atoms with E-state index in [4.69, 9.17) is 0 Å². The van der Waals surface area contributed by atoms with E-state index in [-0.39, 0.29) is 0 Å². The van der Waals surface area contributed by atoms with Crippen LogP contribution in [-0.4, -0.2) is 32.7 Å². The van der Waals surface area contributed by atoms with Crippen LogP contribution in [0.25, 0.3) is 10.9 Å². The maximum atomic E-state index is 11.1. The largest absolute Gasteiger partial charge is 0.467 e. The fraction of sp³-hybridized carbons (Fsp3) is 0.250. The Kier molecular flexibility index (Phi) is 3.75. The van der Waals surface area contributed by atoms with Crippen molar-refractivity contribution in [1.82, 2.24) is 4.98 Å². The minimum Gasteiger partial charge on any atom is -0.467 e. The molecule has 0 amide bonds. The van der Waals surface area contributed by atoms with E-state index in [1.54, 1.807) is 18.2 Å². The summed E-state index contributed by atoms with van der Waals surface area (Å²) in [6.45, 7) is 0.724. The van der Waals surface area contributed by atoms with Crippen molar-refractivity contribution in [2.24, 2.45) is 0 Å². The topological polar surface area (TPSA) is 88.3 Å². The van der Waals surface area contributed by atoms with Crippen molar-refractivity contribution < 1.29 is 17.9 Å². The minimum atomic E-state index is -3.28. The summed E-state index contributed by atoms with van der Waals surface area (Å²) in [6, 6.07) is 7.13. The molecule has 2 rings (SSSR count). The van der Waals surface area contributed by atoms with Crippen molar-refractivity contribution >= 4 is 33.1 Å². The maximum Gasteiger partial charge on any atom is 0.293 e. The molecule has 0 aliphatic rings. The van der Waals surface area contributed by atoms with Crippen molar-refractivity contribution in [3.05, 3.63) is 30.0 Å². The first kappa shape index (κ1) is 13.4. The van der Waals surface area contributed by atoms with E-state index in [1.165, 1.54) is 0 Å². The number of sulfonamides is 1. The number of hydrogen-bond acceptors (Lipinski definition) is 4. The molecule has 7 heteroatoms. The number of carbonyl (C=O) groups excluding carboxylic acids is 1. The van der Waals surface area contributed by atoms with Crippen LogP contribution in [-0.2, 0) is 26.0 Å². The van der Waals surface area contributed by atoms with Crippen LogP contribution in [0.3, 0.4) is 0 Å². The van der Waals surface area contributed by atoms with Crippen LogP contribution in [0.1, 0.15) is 5.69 Å². The second-order valence-corrected chi connectivity index (χ2v) is 5.94. The summed E-state index contributed by atoms with van der Waals surface area (Å²) in [5, 5.41) is 0.898. The third kappa shape index (κ3) is 3.72. The minimum absolute atomic E-state index is 0.310. The average molecular weight is 282 g/mol. The molecule has 102 valence electrons. The summed E-state index contributed by atoms with van der Waals surface area (Å²) in [5.41, 5.74) is 2.35. The lowest BCUT2D eigenvalue weighted by Crippen LogP contribution is -2.09. The van der Waals surface area contributed by atoms with Gasteiger partial charge in [-0.25, -0.2) is 8.42 Å². The van der Waals surface area contributed by atoms with Gasteiger partial charge in [-0.2, -0.15) is 0 Å². The molecule has 0 saturated carbocycles. The number of fused-ring (bicyclic) bond motifs is 1. The van der Waals surface area contributed by atoms with Crippen molar-refractivity contribution in [2.75, 3.05) is 17.6 Å². The maximum absolute atomic E-state index is 11.1. The highest BCUT2D eigenvalue weighted by molar-refractivity contribution is 7.92. The van der Waals surface area contributed by atoms with Gasteiger partial charge >= 0.3 is 0 Å². The number of rotatable bonds is 6. The summed E-state index contributed by atoms with van der Waals surface area (Å²) >= 11 is 0. The second kappa shape index (κ2) is 5.31. The number of aromatic amines is 1. The number of nitrogens with one attached hydrogen (secondary N) is 2. The molecule has 2 N–H and O–H groups in total. The lowest BCUT2D eigenvalue weighted by Gasteiger charge is -2.02. The Labute approximate surface area is 110 Å². The summed E-state index contributed by atoms with van der Waals surface area (Å²) < 4.78 is 29.3. The molecule has 0 radical (unpaired) electrons. The molecule has 0 unspecified atom stereocenters. The molecule has 0 fully saturated rings. The lowest BCUT2D eigenvalue weighted by molar-refractivity contribution is -0.128. The van der Waals surface area contributed by atoms with Crippen LogP contribution in [0.15, 0.2) is 24.3 Å². The monoisotopic (exact) mass is 282 g/mol. The molecule has 0 aliphatic carbocycles. The Balaban J connectivity index is 2.20. The van der Waals surface area contributed by atoms with E-state index in [0.29, 0.717) is 25.2 Å². The Morgan fingerprint density at radius 3 is 2.84 bits per heavy atom. The van der Waals surface area contributed by atoms with Gasteiger partial charge in [0, 0.05) is 28.7 Å². The third-order valence-electron chi connectivity index (χ3n) is 2.54. The average Bonchev–Trinajstić information content (AvgIpc) is 2.69. The molecular formula is C12H14N2O4S. The Morgan fingerprint density at radius 1 is 1.37 bits per heavy atom. The zero-order valence-electron chi connectivity index (χ0n) is 10.3. The molecule has 0 bridgehead atoms. The molecule has 19 heavy (non-hydrogen) atoms. The number of aromatic nitrogens is 1. The smallest absolute Gasteiger partial charge is 0.293 e. The molecule has 0 spiro atoms. The van der Waals surface area contributed by atoms with Crippen LogP contribution in [0.2, 0.25) is 0 Å². The molecule has 0 aliphatic heterocycles. The highest BCUT2D eigenvalue weighted by Crippen LogP contribution is 2.21. The van der Waals surface area contributed by atoms with Crippen LogP contribution in [0, 0.1) is 0 Å². The van der Waals surface area contributed by atoms with E-state index in [2.05, 4.69) is 14.4 Å². The van der Waals surface area contributed by atoms with Crippen LogP contribution in [0.5, 0.6) is 0 Å². The highest BCUT2D eigenvalue weighted by Gasteiger charge is 2.05. The molecule has 1 aromatic heterocycles. The summed E-state index contributed by atoms with van der Waals surface area (Å²) in [7, 11) is -3.28. The standard InChI is InChI=1S/C12H14N2O4S/c1-19(16,17)14-11-2-3-12-9(7-11)6-10(13-12)4-5-18-8-15/h2-3,6-8,13-14H,4-5H2,1H3. The van der Waals surface area contributed by atoms with E-state index in [0.717, 1.165) is 22.9 Å². The molecule has 6 nitrogen and oxygen atoms in total. The summed E-state index contributed by atoms with van der Waals surface area (Å²) in [6.07, 6.45) is 1.69. The van der Waals surface area contributed by atoms with Crippen LogP contribution >= 0.6 is 0 Å². The van der Waals surface area contributed by atoms with Gasteiger partial charge < -0.3 is 9.72 Å². The molecule has 0 saturated heterocycles. The van der Waals surface area contributed by atoms with E-state index in [9.17, 15) is 13.2 Å². The molecule has 1 aromatic carbocycles. The number of hydrogen-bond donors (Lipinski definition) is 2. The Hall–Kier alpha value is -2.02. The van der Waals surface area contributed by atoms with Gasteiger partial charge in [0.1, 0.15) is 0 Å². The highest BCUT2D eigenvalue weighted by atomic mass is 32.2. The lowest BCUT2D eigenvalue weighted by atomic mass is 10.2. The fourth-order valence-corrected chi connectivity index (χ4v) is 2.38. The Bertz CT molecular complexity index is 691. The van der Waals surface area contributed by atoms with Gasteiger partial charge in [-0.1, -0.05) is 0 Å². The number of benzene rings is 1. The van der Waals surface area contributed by atoms with Crippen molar-refractivity contribution in [3.8, 4) is 0 Å². The number of ether oxygens (including phenoxy) is 1. The van der Waals surface area contributed by atoms with Gasteiger partial charge in [-0.05, 0) is 24.3 Å². The molecular weight excluding hydrogens is 268 g/mol. The summed E-state index contributed by atoms with van der Waals surface area (Å²) in [4.78, 5) is 13.2. The number of H-pyrrole nitrogens is 1. The van der Waals surface area contributed by atoms with E-state index < -0.39 is 10.0 Å². The van der Waals surface area contributed by atoms with Gasteiger partial charge in [0.25, 0.3) is 6.47 Å². The summed E-state index contributed by atoms with van der Waals surface area (Å²) in [5.74, 6) is 0. The predicted octanol–water partition coefficient (Wildman–Crippen LogP) is 1.25. The van der Waals surface area contributed by atoms with Gasteiger partial charge in [0.05, 0.1) is 12.9 Å². The molecule has 2 aromatic rings. The van der Waals surface area contributed by atoms with E-state index >= 15 is 0 Å². The van der Waals surface area contributed by atoms with Crippen molar-refractivity contribution in [1.29, 1.82) is 0 Å². The zero-order chi connectivity index (χ0) is 13.9. The van der Waals surface area contributed by atoms with Crippen molar-refractivity contribution in [3.63, 3.8) is 0 Å². The Morgan fingerprint density at radius 2 is 2.16 bits per heavy atom. The third-order valence-corrected chi connectivity index (χ3v) is 3.14. The predicted molar refractivity (Wildman–Crippen MR) is 72.5 cm³/mol. The van der Waals surface area contributed by atoms with Crippen LogP contribution < -0.4 is 4.72 Å². The fourth-order valence-electron chi connectivity index (χ4n) is 1.82. The van der Waals surface area contributed by atoms with Crippen LogP contribution in [0.4, 0.5) is 5.69 Å². The number of anilines is 1. The van der Waals surface area contributed by atoms with Gasteiger partial charge in [0.2, 0.25) is 10.0 Å². The van der Waals surface area contributed by atoms with Gasteiger partial charge in [0.15, 0.2) is 0 Å². The zero-order valence-corrected chi connectivity index (χ0v) is 11.2.